The lowest BCUT2D eigenvalue weighted by molar-refractivity contribution is 0.565. The van der Waals surface area contributed by atoms with Crippen molar-refractivity contribution in [2.45, 2.75) is 142 Å². The van der Waals surface area contributed by atoms with Crippen LogP contribution in [0.3, 0.4) is 0 Å². The predicted molar refractivity (Wildman–Crippen MR) is 161 cm³/mol. The molecule has 1 aromatic rings. The molecule has 0 atom stereocenters. The third kappa shape index (κ3) is 12.4. The highest BCUT2D eigenvalue weighted by Crippen LogP contribution is 2.30. The van der Waals surface area contributed by atoms with Crippen molar-refractivity contribution in [2.24, 2.45) is 0 Å². The van der Waals surface area contributed by atoms with Crippen LogP contribution in [0.5, 0.6) is 0 Å². The molecule has 1 aromatic heterocycles. The lowest BCUT2D eigenvalue weighted by Crippen LogP contribution is -1.95. The maximum absolute atomic E-state index is 12.6. The zero-order valence-electron chi connectivity index (χ0n) is 23.2. The summed E-state index contributed by atoms with van der Waals surface area (Å²) in [5.74, 6) is 0. The van der Waals surface area contributed by atoms with Gasteiger partial charge >= 0.3 is 0 Å². The number of hydrogen-bond acceptors (Lipinski definition) is 3. The highest BCUT2D eigenvalue weighted by Gasteiger charge is 2.21. The standard InChI is InChI=1S/C32H52O2S2/c1-3-5-7-9-11-13-15-17-19-21-29-25-27-35-31(29)23-24-32-30(26-28-36(32,33)34)22-20-18-16-14-12-10-8-6-4-2/h23-28H,3-22H2,1-2H3/b24-23+. The van der Waals surface area contributed by atoms with Crippen LogP contribution in [-0.4, -0.2) is 8.42 Å². The first kappa shape index (κ1) is 31.1. The minimum Gasteiger partial charge on any atom is -0.219 e. The van der Waals surface area contributed by atoms with E-state index in [0.717, 1.165) is 24.8 Å². The van der Waals surface area contributed by atoms with E-state index in [1.54, 1.807) is 11.3 Å². The quantitative estimate of drug-likeness (QED) is 0.139. The van der Waals surface area contributed by atoms with Gasteiger partial charge in [0.2, 0.25) is 0 Å². The van der Waals surface area contributed by atoms with E-state index in [1.165, 1.54) is 125 Å². The summed E-state index contributed by atoms with van der Waals surface area (Å²) in [6, 6.07) is 2.22. The maximum Gasteiger partial charge on any atom is 0.200 e. The van der Waals surface area contributed by atoms with Crippen molar-refractivity contribution in [3.63, 3.8) is 0 Å². The Labute approximate surface area is 227 Å². The monoisotopic (exact) mass is 532 g/mol. The highest BCUT2D eigenvalue weighted by atomic mass is 32.2. The SMILES string of the molecule is CCCCCCCCCCCC1=C(/C=C/c2sccc2CCCCCCCCCCC)S(=O)(=O)C=C1. The molecule has 1 aliphatic heterocycles. The van der Waals surface area contributed by atoms with Crippen LogP contribution in [0, 0.1) is 0 Å². The van der Waals surface area contributed by atoms with Crippen molar-refractivity contribution in [1.82, 2.24) is 0 Å². The number of rotatable bonds is 22. The maximum atomic E-state index is 12.6. The average Bonchev–Trinajstić information content (AvgIpc) is 3.43. The van der Waals surface area contributed by atoms with Crippen molar-refractivity contribution < 1.29 is 8.42 Å². The Morgan fingerprint density at radius 3 is 1.72 bits per heavy atom. The number of thiophene rings is 1. The first-order valence-electron chi connectivity index (χ1n) is 15.0. The highest BCUT2D eigenvalue weighted by molar-refractivity contribution is 7.98. The van der Waals surface area contributed by atoms with Crippen LogP contribution in [0.15, 0.2) is 39.5 Å². The molecule has 0 saturated carbocycles. The molecule has 2 heterocycles. The molecular weight excluding hydrogens is 480 g/mol. The second-order valence-electron chi connectivity index (χ2n) is 10.5. The predicted octanol–water partition coefficient (Wildman–Crippen LogP) is 11.0. The zero-order valence-corrected chi connectivity index (χ0v) is 24.9. The van der Waals surface area contributed by atoms with Crippen molar-refractivity contribution in [1.29, 1.82) is 0 Å². The Morgan fingerprint density at radius 2 is 1.17 bits per heavy atom. The number of unbranched alkanes of at least 4 members (excludes halogenated alkanes) is 16. The first-order chi connectivity index (χ1) is 17.6. The van der Waals surface area contributed by atoms with Gasteiger partial charge in [0.15, 0.2) is 9.84 Å². The molecule has 0 saturated heterocycles. The van der Waals surface area contributed by atoms with Gasteiger partial charge in [-0.1, -0.05) is 117 Å². The molecule has 0 unspecified atom stereocenters. The van der Waals surface area contributed by atoms with E-state index in [1.807, 2.05) is 18.2 Å². The number of aryl methyl sites for hydroxylation is 1. The van der Waals surface area contributed by atoms with Gasteiger partial charge in [0.1, 0.15) is 0 Å². The minimum absolute atomic E-state index is 0.518. The van der Waals surface area contributed by atoms with E-state index in [4.69, 9.17) is 0 Å². The van der Waals surface area contributed by atoms with Gasteiger partial charge in [-0.15, -0.1) is 11.3 Å². The van der Waals surface area contributed by atoms with E-state index >= 15 is 0 Å². The van der Waals surface area contributed by atoms with Crippen LogP contribution in [0.25, 0.3) is 6.08 Å². The summed E-state index contributed by atoms with van der Waals surface area (Å²) in [4.78, 5) is 1.73. The third-order valence-corrected chi connectivity index (χ3v) is 9.77. The third-order valence-electron chi connectivity index (χ3n) is 7.34. The van der Waals surface area contributed by atoms with Crippen LogP contribution in [0.4, 0.5) is 0 Å². The second-order valence-corrected chi connectivity index (χ2v) is 13.3. The Hall–Kier alpha value is -1.13. The van der Waals surface area contributed by atoms with Crippen LogP contribution < -0.4 is 0 Å². The molecule has 0 spiro atoms. The smallest absolute Gasteiger partial charge is 0.200 e. The lowest BCUT2D eigenvalue weighted by atomic mass is 10.0. The summed E-state index contributed by atoms with van der Waals surface area (Å²) in [5.41, 5.74) is 2.36. The van der Waals surface area contributed by atoms with Gasteiger partial charge < -0.3 is 0 Å². The molecule has 0 N–H and O–H groups in total. The molecule has 4 heteroatoms. The largest absolute Gasteiger partial charge is 0.219 e. The molecule has 2 rings (SSSR count). The van der Waals surface area contributed by atoms with Gasteiger partial charge in [0.25, 0.3) is 0 Å². The van der Waals surface area contributed by atoms with Gasteiger partial charge in [0.05, 0.1) is 4.91 Å². The molecule has 204 valence electrons. The fourth-order valence-electron chi connectivity index (χ4n) is 5.02. The topological polar surface area (TPSA) is 34.1 Å². The fraction of sp³-hybridized carbons (Fsp3) is 0.688. The fourth-order valence-corrected chi connectivity index (χ4v) is 7.15. The number of hydrogen-bond donors (Lipinski definition) is 0. The molecular formula is C32H52O2S2. The summed E-state index contributed by atoms with van der Waals surface area (Å²) < 4.78 is 25.3. The van der Waals surface area contributed by atoms with E-state index in [-0.39, 0.29) is 0 Å². The molecule has 2 nitrogen and oxygen atoms in total. The van der Waals surface area contributed by atoms with E-state index in [2.05, 4.69) is 25.3 Å². The van der Waals surface area contributed by atoms with Gasteiger partial charge in [-0.05, 0) is 66.5 Å². The lowest BCUT2D eigenvalue weighted by Gasteiger charge is -2.05. The van der Waals surface area contributed by atoms with Crippen LogP contribution in [-0.2, 0) is 16.3 Å². The second kappa shape index (κ2) is 19.0. The van der Waals surface area contributed by atoms with Gasteiger partial charge in [0, 0.05) is 10.3 Å². The van der Waals surface area contributed by atoms with Gasteiger partial charge in [-0.2, -0.15) is 0 Å². The van der Waals surface area contributed by atoms with Gasteiger partial charge in [-0.25, -0.2) is 8.42 Å². The minimum atomic E-state index is -3.28. The van der Waals surface area contributed by atoms with E-state index in [0.29, 0.717) is 4.91 Å². The van der Waals surface area contributed by atoms with Crippen molar-refractivity contribution >= 4 is 27.3 Å². The zero-order chi connectivity index (χ0) is 25.9. The molecule has 36 heavy (non-hydrogen) atoms. The van der Waals surface area contributed by atoms with Crippen molar-refractivity contribution in [3.8, 4) is 0 Å². The summed E-state index contributed by atoms with van der Waals surface area (Å²) >= 11 is 1.72. The molecule has 0 bridgehead atoms. The molecule has 1 aliphatic rings. The summed E-state index contributed by atoms with van der Waals surface area (Å²) in [6.45, 7) is 4.53. The molecule has 0 aliphatic carbocycles. The summed E-state index contributed by atoms with van der Waals surface area (Å²) in [6.07, 6.45) is 31.3. The molecule has 0 aromatic carbocycles. The Kier molecular flexibility index (Phi) is 16.4. The molecule has 0 fully saturated rings. The summed E-state index contributed by atoms with van der Waals surface area (Å²) in [5, 5.41) is 3.54. The van der Waals surface area contributed by atoms with Crippen molar-refractivity contribution in [2.75, 3.05) is 0 Å². The molecule has 0 amide bonds. The first-order valence-corrected chi connectivity index (χ1v) is 17.4. The Balaban J connectivity index is 1.75. The normalized spacial score (nSPS) is 15.1. The Morgan fingerprint density at radius 1 is 0.667 bits per heavy atom. The van der Waals surface area contributed by atoms with Crippen molar-refractivity contribution in [3.05, 3.63) is 49.9 Å². The van der Waals surface area contributed by atoms with Crippen LogP contribution in [0.1, 0.15) is 146 Å². The van der Waals surface area contributed by atoms with Crippen LogP contribution >= 0.6 is 11.3 Å². The van der Waals surface area contributed by atoms with Gasteiger partial charge in [-0.3, -0.25) is 0 Å². The van der Waals surface area contributed by atoms with E-state index < -0.39 is 9.84 Å². The average molecular weight is 533 g/mol. The summed E-state index contributed by atoms with van der Waals surface area (Å²) in [7, 11) is -3.28. The number of sulfone groups is 1. The Bertz CT molecular complexity index is 902. The van der Waals surface area contributed by atoms with E-state index in [9.17, 15) is 8.42 Å². The molecule has 0 radical (unpaired) electrons. The number of allylic oxidation sites excluding steroid dienone is 3. The van der Waals surface area contributed by atoms with Crippen LogP contribution in [0.2, 0.25) is 0 Å².